The zero-order valence-corrected chi connectivity index (χ0v) is 26.0. The van der Waals surface area contributed by atoms with Crippen LogP contribution in [0.15, 0.2) is 77.0 Å². The van der Waals surface area contributed by atoms with Gasteiger partial charge in [0.15, 0.2) is 29.2 Å². The summed E-state index contributed by atoms with van der Waals surface area (Å²) in [6.45, 7) is 3.87. The minimum atomic E-state index is -1.18. The van der Waals surface area contributed by atoms with Crippen molar-refractivity contribution in [2.75, 3.05) is 27.4 Å². The number of carbonyl (C=O) groups is 2. The first-order chi connectivity index (χ1) is 21.7. The van der Waals surface area contributed by atoms with E-state index < -0.39 is 24.3 Å². The number of nitrogens with one attached hydrogen (secondary N) is 3. The lowest BCUT2D eigenvalue weighted by Gasteiger charge is -2.28. The van der Waals surface area contributed by atoms with Gasteiger partial charge in [0.2, 0.25) is 0 Å². The van der Waals surface area contributed by atoms with E-state index in [1.165, 1.54) is 13.3 Å². The average molecular weight is 639 g/mol. The van der Waals surface area contributed by atoms with Gasteiger partial charge in [0.25, 0.3) is 0 Å². The molecule has 0 unspecified atom stereocenters. The van der Waals surface area contributed by atoms with Crippen molar-refractivity contribution >= 4 is 29.8 Å². The quantitative estimate of drug-likeness (QED) is 0.0870. The second-order valence-corrected chi connectivity index (χ2v) is 10.1. The summed E-state index contributed by atoms with van der Waals surface area (Å²) in [6.07, 6.45) is 0.324. The van der Waals surface area contributed by atoms with E-state index in [1.807, 2.05) is 19.1 Å². The lowest BCUT2D eigenvalue weighted by Crippen LogP contribution is -2.45. The number of hydrogen-bond acceptors (Lipinski definition) is 10. The largest absolute Gasteiger partial charge is 0.493 e. The van der Waals surface area contributed by atoms with Gasteiger partial charge in [0, 0.05) is 16.3 Å². The first-order valence-corrected chi connectivity index (χ1v) is 14.4. The second-order valence-electron chi connectivity index (χ2n) is 9.71. The molecule has 4 rings (SSSR count). The molecule has 0 saturated heterocycles. The lowest BCUT2D eigenvalue weighted by molar-refractivity contribution is -0.136. The summed E-state index contributed by atoms with van der Waals surface area (Å²) in [6, 6.07) is 16.5. The summed E-state index contributed by atoms with van der Waals surface area (Å²) in [4.78, 5) is 24.6. The van der Waals surface area contributed by atoms with E-state index >= 15 is 0 Å². The normalized spacial score (nSPS) is 15.2. The monoisotopic (exact) mass is 638 g/mol. The van der Waals surface area contributed by atoms with Gasteiger partial charge in [-0.15, -0.1) is 0 Å². The third kappa shape index (κ3) is 8.58. The standard InChI is InChI=1S/C32H35ClN4O8/c1-5-43-26-15-21(29-28(31(39)42-4)19(2)35-32(40)36-29)11-14-24(26)44-18-27(38)37-34-16-22-7-6-8-25(41-3)30(22)45-17-20-9-12-23(33)13-10-20/h6-16,27,29,37-38H,5,17-18H2,1-4H3,(H2,35,36,40)/b34-16+/t27-,29-/m1/s1. The lowest BCUT2D eigenvalue weighted by atomic mass is 9.95. The van der Waals surface area contributed by atoms with Crippen LogP contribution >= 0.6 is 11.6 Å². The Morgan fingerprint density at radius 1 is 1.07 bits per heavy atom. The maximum absolute atomic E-state index is 12.5. The highest BCUT2D eigenvalue weighted by Crippen LogP contribution is 2.35. The summed E-state index contributed by atoms with van der Waals surface area (Å²) >= 11 is 5.98. The van der Waals surface area contributed by atoms with E-state index in [0.717, 1.165) is 5.56 Å². The molecular weight excluding hydrogens is 604 g/mol. The van der Waals surface area contributed by atoms with Crippen LogP contribution in [0, 0.1) is 0 Å². The molecule has 2 atom stereocenters. The Labute approximate surface area is 265 Å². The van der Waals surface area contributed by atoms with Crippen LogP contribution < -0.4 is 35.0 Å². The molecule has 12 nitrogen and oxygen atoms in total. The number of para-hydroxylation sites is 1. The zero-order valence-electron chi connectivity index (χ0n) is 25.3. The highest BCUT2D eigenvalue weighted by molar-refractivity contribution is 6.30. The smallest absolute Gasteiger partial charge is 0.337 e. The third-order valence-electron chi connectivity index (χ3n) is 6.63. The van der Waals surface area contributed by atoms with Crippen molar-refractivity contribution in [3.63, 3.8) is 0 Å². The maximum atomic E-state index is 12.5. The molecule has 45 heavy (non-hydrogen) atoms. The van der Waals surface area contributed by atoms with Gasteiger partial charge in [-0.25, -0.2) is 9.59 Å². The molecule has 0 bridgehead atoms. The molecule has 0 radical (unpaired) electrons. The van der Waals surface area contributed by atoms with Crippen LogP contribution in [0.25, 0.3) is 0 Å². The Morgan fingerprint density at radius 2 is 1.84 bits per heavy atom. The number of halogens is 1. The number of aliphatic hydroxyl groups excluding tert-OH is 1. The second kappa shape index (κ2) is 15.7. The number of benzene rings is 3. The van der Waals surface area contributed by atoms with Crippen LogP contribution in [0.3, 0.4) is 0 Å². The minimum absolute atomic E-state index is 0.175. The van der Waals surface area contributed by atoms with Crippen molar-refractivity contribution in [3.8, 4) is 23.0 Å². The number of ether oxygens (including phenoxy) is 5. The van der Waals surface area contributed by atoms with Crippen LogP contribution in [-0.2, 0) is 16.1 Å². The fourth-order valence-corrected chi connectivity index (χ4v) is 4.63. The highest BCUT2D eigenvalue weighted by Gasteiger charge is 2.32. The highest BCUT2D eigenvalue weighted by atomic mass is 35.5. The van der Waals surface area contributed by atoms with Crippen LogP contribution in [0.4, 0.5) is 4.79 Å². The van der Waals surface area contributed by atoms with E-state index in [0.29, 0.717) is 51.5 Å². The molecule has 0 saturated carbocycles. The molecule has 4 N–H and O–H groups in total. The van der Waals surface area contributed by atoms with Crippen molar-refractivity contribution in [1.29, 1.82) is 0 Å². The number of hydrogen-bond donors (Lipinski definition) is 4. The molecule has 238 valence electrons. The van der Waals surface area contributed by atoms with Crippen molar-refractivity contribution in [3.05, 3.63) is 93.6 Å². The Balaban J connectivity index is 1.42. The number of rotatable bonds is 14. The SMILES string of the molecule is CCOc1cc([C@H]2NC(=O)NC(C)=C2C(=O)OC)ccc1OC[C@@H](O)N/N=C/c1cccc(OC)c1OCc1ccc(Cl)cc1. The van der Waals surface area contributed by atoms with Gasteiger partial charge in [-0.05, 0) is 61.4 Å². The van der Waals surface area contributed by atoms with Crippen LogP contribution in [0.1, 0.15) is 36.6 Å². The fourth-order valence-electron chi connectivity index (χ4n) is 4.50. The Bertz CT molecular complexity index is 1560. The fraction of sp³-hybridized carbons (Fsp3) is 0.281. The number of urea groups is 1. The predicted molar refractivity (Wildman–Crippen MR) is 168 cm³/mol. The van der Waals surface area contributed by atoms with Crippen molar-refractivity contribution in [1.82, 2.24) is 16.1 Å². The summed E-state index contributed by atoms with van der Waals surface area (Å²) in [5.74, 6) is 1.14. The van der Waals surface area contributed by atoms with Crippen molar-refractivity contribution in [2.45, 2.75) is 32.7 Å². The van der Waals surface area contributed by atoms with Gasteiger partial charge >= 0.3 is 12.0 Å². The molecule has 1 heterocycles. The number of esters is 1. The topological polar surface area (TPSA) is 149 Å². The molecule has 13 heteroatoms. The van der Waals surface area contributed by atoms with Crippen LogP contribution in [0.2, 0.25) is 5.02 Å². The number of allylic oxidation sites excluding steroid dienone is 1. The van der Waals surface area contributed by atoms with Crippen LogP contribution in [0.5, 0.6) is 23.0 Å². The van der Waals surface area contributed by atoms with Gasteiger partial charge in [0.05, 0.1) is 38.7 Å². The summed E-state index contributed by atoms with van der Waals surface area (Å²) in [5.41, 5.74) is 5.41. The Kier molecular flexibility index (Phi) is 11.5. The summed E-state index contributed by atoms with van der Waals surface area (Å²) in [7, 11) is 2.82. The predicted octanol–water partition coefficient (Wildman–Crippen LogP) is 4.45. The number of methoxy groups -OCH3 is 2. The molecule has 3 aromatic rings. The van der Waals surface area contributed by atoms with E-state index in [1.54, 1.807) is 62.6 Å². The number of nitrogens with zero attached hydrogens (tertiary/aromatic N) is 1. The van der Waals surface area contributed by atoms with E-state index in [4.69, 9.17) is 35.3 Å². The minimum Gasteiger partial charge on any atom is -0.493 e. The van der Waals surface area contributed by atoms with E-state index in [2.05, 4.69) is 21.2 Å². The first kappa shape index (κ1) is 33.0. The van der Waals surface area contributed by atoms with Crippen molar-refractivity contribution < 1.29 is 38.4 Å². The molecule has 1 aliphatic rings. The van der Waals surface area contributed by atoms with E-state index in [9.17, 15) is 14.7 Å². The Morgan fingerprint density at radius 3 is 2.56 bits per heavy atom. The number of amides is 2. The van der Waals surface area contributed by atoms with Gasteiger partial charge in [-0.1, -0.05) is 35.9 Å². The molecule has 2 amide bonds. The van der Waals surface area contributed by atoms with Gasteiger partial charge in [-0.3, -0.25) is 5.43 Å². The van der Waals surface area contributed by atoms with Crippen molar-refractivity contribution in [2.24, 2.45) is 5.10 Å². The van der Waals surface area contributed by atoms with E-state index in [-0.39, 0.29) is 18.8 Å². The molecule has 1 aliphatic heterocycles. The molecular formula is C32H35ClN4O8. The zero-order chi connectivity index (χ0) is 32.3. The van der Waals surface area contributed by atoms with Crippen LogP contribution in [-0.4, -0.2) is 57.0 Å². The number of hydrazone groups is 1. The molecule has 3 aromatic carbocycles. The maximum Gasteiger partial charge on any atom is 0.337 e. The first-order valence-electron chi connectivity index (χ1n) is 14.0. The van der Waals surface area contributed by atoms with Gasteiger partial charge < -0.3 is 39.4 Å². The average Bonchev–Trinajstić information content (AvgIpc) is 3.03. The summed E-state index contributed by atoms with van der Waals surface area (Å²) in [5, 5.41) is 20.6. The van der Waals surface area contributed by atoms with Gasteiger partial charge in [-0.2, -0.15) is 5.10 Å². The molecule has 0 spiro atoms. The molecule has 0 aromatic heterocycles. The number of aliphatic hydroxyl groups is 1. The molecule has 0 fully saturated rings. The number of carbonyl (C=O) groups excluding carboxylic acids is 2. The molecule has 0 aliphatic carbocycles. The Hall–Kier alpha value is -4.94. The van der Waals surface area contributed by atoms with Gasteiger partial charge in [0.1, 0.15) is 13.2 Å². The summed E-state index contributed by atoms with van der Waals surface area (Å²) < 4.78 is 28.0. The third-order valence-corrected chi connectivity index (χ3v) is 6.88.